The van der Waals surface area contributed by atoms with E-state index < -0.39 is 11.8 Å². The van der Waals surface area contributed by atoms with Gasteiger partial charge in [0, 0.05) is 0 Å². The molecule has 0 bridgehead atoms. The van der Waals surface area contributed by atoms with Crippen molar-refractivity contribution in [3.05, 3.63) is 12.2 Å². The Morgan fingerprint density at radius 3 is 2.50 bits per heavy atom. The van der Waals surface area contributed by atoms with Crippen LogP contribution in [0.3, 0.4) is 0 Å². The van der Waals surface area contributed by atoms with Crippen molar-refractivity contribution < 1.29 is 14.3 Å². The van der Waals surface area contributed by atoms with Crippen molar-refractivity contribution in [2.24, 2.45) is 0 Å². The number of rotatable bonds is 5. The van der Waals surface area contributed by atoms with Gasteiger partial charge in [0.05, 0.1) is 6.61 Å². The van der Waals surface area contributed by atoms with E-state index in [-0.39, 0.29) is 6.61 Å². The van der Waals surface area contributed by atoms with Crippen LogP contribution >= 0.6 is 0 Å². The fourth-order valence-corrected chi connectivity index (χ4v) is 0.627. The highest BCUT2D eigenvalue weighted by Gasteiger charge is 2.09. The van der Waals surface area contributed by atoms with E-state index in [1.54, 1.807) is 13.0 Å². The quantitative estimate of drug-likeness (QED) is 0.356. The molecule has 0 aliphatic rings. The molecule has 0 aliphatic carbocycles. The van der Waals surface area contributed by atoms with E-state index in [2.05, 4.69) is 4.74 Å². The van der Waals surface area contributed by atoms with Gasteiger partial charge in [0.25, 0.3) is 5.78 Å². The summed E-state index contributed by atoms with van der Waals surface area (Å²) in [4.78, 5) is 21.6. The molecule has 0 spiro atoms. The van der Waals surface area contributed by atoms with Gasteiger partial charge in [-0.15, -0.1) is 0 Å². The molecule has 3 heteroatoms. The topological polar surface area (TPSA) is 43.4 Å². The Kier molecular flexibility index (Phi) is 5.97. The van der Waals surface area contributed by atoms with Gasteiger partial charge < -0.3 is 4.74 Å². The molecule has 0 saturated heterocycles. The van der Waals surface area contributed by atoms with Crippen molar-refractivity contribution in [1.82, 2.24) is 0 Å². The molecule has 0 N–H and O–H groups in total. The van der Waals surface area contributed by atoms with E-state index >= 15 is 0 Å². The first-order chi connectivity index (χ1) is 5.72. The second-order valence-corrected chi connectivity index (χ2v) is 2.28. The van der Waals surface area contributed by atoms with Crippen LogP contribution in [-0.4, -0.2) is 18.4 Å². The lowest BCUT2D eigenvalue weighted by molar-refractivity contribution is -0.151. The molecule has 0 unspecified atom stereocenters. The smallest absolute Gasteiger partial charge is 0.378 e. The molecule has 0 atom stereocenters. The molecule has 0 aliphatic heterocycles. The van der Waals surface area contributed by atoms with Crippen LogP contribution in [0.25, 0.3) is 0 Å². The second kappa shape index (κ2) is 6.58. The van der Waals surface area contributed by atoms with Crippen LogP contribution in [-0.2, 0) is 14.3 Å². The molecular formula is C9H14O3. The first-order valence-corrected chi connectivity index (χ1v) is 4.10. The Morgan fingerprint density at radius 2 is 2.00 bits per heavy atom. The number of allylic oxidation sites excluding steroid dienone is 1. The zero-order valence-electron chi connectivity index (χ0n) is 7.50. The lowest BCUT2D eigenvalue weighted by atomic mass is 10.3. The molecule has 0 amide bonds. The number of hydrogen-bond acceptors (Lipinski definition) is 3. The summed E-state index contributed by atoms with van der Waals surface area (Å²) in [5.41, 5.74) is 0. The largest absolute Gasteiger partial charge is 0.460 e. The zero-order chi connectivity index (χ0) is 9.40. The predicted octanol–water partition coefficient (Wildman–Crippen LogP) is 1.47. The molecule has 0 fully saturated rings. The molecule has 0 aromatic heterocycles. The Balaban J connectivity index is 3.78. The Bertz CT molecular complexity index is 182. The van der Waals surface area contributed by atoms with E-state index in [1.165, 1.54) is 6.08 Å². The summed E-state index contributed by atoms with van der Waals surface area (Å²) >= 11 is 0. The van der Waals surface area contributed by atoms with Crippen LogP contribution in [0.1, 0.15) is 26.7 Å². The van der Waals surface area contributed by atoms with Crippen LogP contribution in [0.15, 0.2) is 12.2 Å². The molecule has 0 aromatic carbocycles. The molecule has 68 valence electrons. The van der Waals surface area contributed by atoms with Gasteiger partial charge in [-0.2, -0.15) is 0 Å². The maximum atomic E-state index is 10.8. The number of ketones is 1. The SMILES string of the molecule is CCC/C=C/C(=O)C(=O)OCC. The first kappa shape index (κ1) is 10.9. The monoisotopic (exact) mass is 170 g/mol. The standard InChI is InChI=1S/C9H14O3/c1-3-5-6-7-8(10)9(11)12-4-2/h6-7H,3-5H2,1-2H3/b7-6+. The fraction of sp³-hybridized carbons (Fsp3) is 0.556. The highest BCUT2D eigenvalue weighted by Crippen LogP contribution is 1.90. The predicted molar refractivity (Wildman–Crippen MR) is 45.7 cm³/mol. The normalized spacial score (nSPS) is 10.2. The van der Waals surface area contributed by atoms with Crippen LogP contribution in [0.5, 0.6) is 0 Å². The van der Waals surface area contributed by atoms with Crippen molar-refractivity contribution in [2.75, 3.05) is 6.61 Å². The van der Waals surface area contributed by atoms with Gasteiger partial charge in [0.2, 0.25) is 0 Å². The lowest BCUT2D eigenvalue weighted by Crippen LogP contribution is -2.14. The number of esters is 1. The number of ether oxygens (including phenoxy) is 1. The minimum Gasteiger partial charge on any atom is -0.460 e. The fourth-order valence-electron chi connectivity index (χ4n) is 0.627. The summed E-state index contributed by atoms with van der Waals surface area (Å²) in [5.74, 6) is -1.35. The lowest BCUT2D eigenvalue weighted by Gasteiger charge is -1.95. The maximum absolute atomic E-state index is 10.8. The number of carbonyl (C=O) groups is 2. The Morgan fingerprint density at radius 1 is 1.33 bits per heavy atom. The molecule has 0 rings (SSSR count). The van der Waals surface area contributed by atoms with E-state index in [4.69, 9.17) is 0 Å². The minimum atomic E-state index is -0.773. The first-order valence-electron chi connectivity index (χ1n) is 4.10. The average Bonchev–Trinajstić information content (AvgIpc) is 2.05. The van der Waals surface area contributed by atoms with E-state index in [1.807, 2.05) is 6.92 Å². The molecule has 0 saturated carbocycles. The van der Waals surface area contributed by atoms with Crippen LogP contribution in [0, 0.1) is 0 Å². The van der Waals surface area contributed by atoms with Gasteiger partial charge in [0.15, 0.2) is 0 Å². The van der Waals surface area contributed by atoms with Crippen molar-refractivity contribution in [2.45, 2.75) is 26.7 Å². The third kappa shape index (κ3) is 4.66. The molecular weight excluding hydrogens is 156 g/mol. The Hall–Kier alpha value is -1.12. The van der Waals surface area contributed by atoms with Gasteiger partial charge in [0.1, 0.15) is 0 Å². The van der Waals surface area contributed by atoms with Gasteiger partial charge in [-0.3, -0.25) is 4.79 Å². The molecule has 0 aromatic rings. The molecule has 0 radical (unpaired) electrons. The molecule has 12 heavy (non-hydrogen) atoms. The highest BCUT2D eigenvalue weighted by atomic mass is 16.5. The number of carbonyl (C=O) groups excluding carboxylic acids is 2. The highest BCUT2D eigenvalue weighted by molar-refractivity contribution is 6.38. The third-order valence-corrected chi connectivity index (χ3v) is 1.20. The average molecular weight is 170 g/mol. The summed E-state index contributed by atoms with van der Waals surface area (Å²) in [6.45, 7) is 3.91. The van der Waals surface area contributed by atoms with Gasteiger partial charge in [-0.05, 0) is 19.4 Å². The zero-order valence-corrected chi connectivity index (χ0v) is 7.50. The van der Waals surface area contributed by atoms with Crippen molar-refractivity contribution >= 4 is 11.8 Å². The number of unbranched alkanes of at least 4 members (excludes halogenated alkanes) is 1. The van der Waals surface area contributed by atoms with Crippen LogP contribution in [0.2, 0.25) is 0 Å². The number of hydrogen-bond donors (Lipinski definition) is 0. The van der Waals surface area contributed by atoms with Crippen LogP contribution < -0.4 is 0 Å². The summed E-state index contributed by atoms with van der Waals surface area (Å²) in [6.07, 6.45) is 4.72. The minimum absolute atomic E-state index is 0.242. The van der Waals surface area contributed by atoms with Gasteiger partial charge >= 0.3 is 5.97 Å². The van der Waals surface area contributed by atoms with Crippen molar-refractivity contribution in [3.63, 3.8) is 0 Å². The second-order valence-electron chi connectivity index (χ2n) is 2.28. The van der Waals surface area contributed by atoms with E-state index in [9.17, 15) is 9.59 Å². The summed E-state index contributed by atoms with van der Waals surface area (Å²) < 4.78 is 4.49. The van der Waals surface area contributed by atoms with Crippen molar-refractivity contribution in [3.8, 4) is 0 Å². The van der Waals surface area contributed by atoms with Gasteiger partial charge in [-0.1, -0.05) is 19.4 Å². The summed E-state index contributed by atoms with van der Waals surface area (Å²) in [7, 11) is 0. The van der Waals surface area contributed by atoms with E-state index in [0.717, 1.165) is 12.8 Å². The molecule has 0 heterocycles. The molecule has 3 nitrogen and oxygen atoms in total. The van der Waals surface area contributed by atoms with Gasteiger partial charge in [-0.25, -0.2) is 4.79 Å². The van der Waals surface area contributed by atoms with Crippen molar-refractivity contribution in [1.29, 1.82) is 0 Å². The van der Waals surface area contributed by atoms with E-state index in [0.29, 0.717) is 0 Å². The third-order valence-electron chi connectivity index (χ3n) is 1.20. The maximum Gasteiger partial charge on any atom is 0.378 e. The summed E-state index contributed by atoms with van der Waals surface area (Å²) in [5, 5.41) is 0. The van der Waals surface area contributed by atoms with Crippen LogP contribution in [0.4, 0.5) is 0 Å². The summed E-state index contributed by atoms with van der Waals surface area (Å²) in [6, 6.07) is 0. The Labute approximate surface area is 72.4 Å².